The van der Waals surface area contributed by atoms with Gasteiger partial charge >= 0.3 is 24.1 Å². The number of hydrogen-bond acceptors (Lipinski definition) is 6. The van der Waals surface area contributed by atoms with Crippen molar-refractivity contribution in [2.45, 2.75) is 71.6 Å². The van der Waals surface area contributed by atoms with Crippen LogP contribution in [-0.2, 0) is 19.1 Å². The summed E-state index contributed by atoms with van der Waals surface area (Å²) in [6.45, 7) is 12.7. The highest BCUT2D eigenvalue weighted by Gasteiger charge is 2.42. The minimum absolute atomic E-state index is 0.0322. The van der Waals surface area contributed by atoms with Crippen molar-refractivity contribution >= 4 is 24.1 Å². The van der Waals surface area contributed by atoms with Gasteiger partial charge in [0, 0.05) is 0 Å². The number of nitrogens with zero attached hydrogens (tertiary/aromatic N) is 1. The molecule has 0 aliphatic heterocycles. The molecule has 0 rings (SSSR count). The van der Waals surface area contributed by atoms with Crippen molar-refractivity contribution < 1.29 is 38.9 Å². The van der Waals surface area contributed by atoms with E-state index in [1.807, 2.05) is 0 Å². The molecular formula is C18H29NO8. The molecule has 2 N–H and O–H groups in total. The number of carboxylic acid groups (broad SMARTS) is 2. The minimum Gasteiger partial charge on any atom is -0.481 e. The number of amides is 2. The molecule has 0 heterocycles. The maximum atomic E-state index is 12.5. The van der Waals surface area contributed by atoms with Gasteiger partial charge in [0.15, 0.2) is 0 Å². The van der Waals surface area contributed by atoms with Gasteiger partial charge in [-0.25, -0.2) is 14.4 Å². The fourth-order valence-electron chi connectivity index (χ4n) is 2.04. The second-order valence-corrected chi connectivity index (χ2v) is 7.98. The summed E-state index contributed by atoms with van der Waals surface area (Å²) in [5.41, 5.74) is -2.01. The normalized spacial score (nSPS) is 13.9. The second-order valence-electron chi connectivity index (χ2n) is 7.98. The van der Waals surface area contributed by atoms with E-state index in [2.05, 4.69) is 6.58 Å². The number of ether oxygens (including phenoxy) is 2. The lowest BCUT2D eigenvalue weighted by Gasteiger charge is -2.32. The largest absolute Gasteiger partial charge is 0.481 e. The van der Waals surface area contributed by atoms with Gasteiger partial charge in [0.25, 0.3) is 0 Å². The van der Waals surface area contributed by atoms with E-state index in [0.29, 0.717) is 4.90 Å². The minimum atomic E-state index is -1.78. The Kier molecular flexibility index (Phi) is 8.49. The van der Waals surface area contributed by atoms with Gasteiger partial charge < -0.3 is 19.7 Å². The number of allylic oxidation sites excluding steroid dienone is 1. The first-order valence-corrected chi connectivity index (χ1v) is 8.40. The molecule has 0 saturated heterocycles. The Labute approximate surface area is 158 Å². The Balaban J connectivity index is 5.95. The maximum absolute atomic E-state index is 12.5. The number of rotatable bonds is 7. The number of hydrogen-bond donors (Lipinski definition) is 2. The van der Waals surface area contributed by atoms with E-state index >= 15 is 0 Å². The SMILES string of the molecule is C=CCC(CC(C(=O)O)N(C(=O)OC(C)(C)C)C(=O)OC(C)(C)C)C(=O)O. The molecule has 0 aliphatic carbocycles. The smallest absolute Gasteiger partial charge is 0.420 e. The first kappa shape index (κ1) is 24.4. The molecule has 2 atom stereocenters. The van der Waals surface area contributed by atoms with Crippen LogP contribution < -0.4 is 0 Å². The maximum Gasteiger partial charge on any atom is 0.420 e. The lowest BCUT2D eigenvalue weighted by atomic mass is 9.96. The molecule has 27 heavy (non-hydrogen) atoms. The van der Waals surface area contributed by atoms with Gasteiger partial charge in [-0.1, -0.05) is 6.08 Å². The van der Waals surface area contributed by atoms with Crippen LogP contribution in [0.15, 0.2) is 12.7 Å². The van der Waals surface area contributed by atoms with Crippen LogP contribution in [0.3, 0.4) is 0 Å². The van der Waals surface area contributed by atoms with Crippen LogP contribution in [0.2, 0.25) is 0 Å². The molecule has 9 heteroatoms. The van der Waals surface area contributed by atoms with Crippen molar-refractivity contribution in [3.8, 4) is 0 Å². The van der Waals surface area contributed by atoms with Gasteiger partial charge in [0.1, 0.15) is 17.2 Å². The molecule has 0 aromatic rings. The van der Waals surface area contributed by atoms with Crippen LogP contribution in [-0.4, -0.2) is 56.5 Å². The summed E-state index contributed by atoms with van der Waals surface area (Å²) >= 11 is 0. The topological polar surface area (TPSA) is 130 Å². The van der Waals surface area contributed by atoms with Crippen LogP contribution >= 0.6 is 0 Å². The summed E-state index contributed by atoms with van der Waals surface area (Å²) in [6.07, 6.45) is -1.69. The van der Waals surface area contributed by atoms with Gasteiger partial charge in [0.05, 0.1) is 5.92 Å². The lowest BCUT2D eigenvalue weighted by Crippen LogP contribution is -2.52. The van der Waals surface area contributed by atoms with Crippen molar-refractivity contribution in [2.24, 2.45) is 5.92 Å². The fourth-order valence-corrected chi connectivity index (χ4v) is 2.04. The summed E-state index contributed by atoms with van der Waals surface area (Å²) in [4.78, 5) is 48.5. The highest BCUT2D eigenvalue weighted by Crippen LogP contribution is 2.22. The third-order valence-electron chi connectivity index (χ3n) is 3.09. The van der Waals surface area contributed by atoms with Crippen molar-refractivity contribution in [3.63, 3.8) is 0 Å². The molecule has 0 saturated carbocycles. The molecule has 0 aromatic carbocycles. The number of aliphatic carboxylic acids is 2. The van der Waals surface area contributed by atoms with E-state index in [1.54, 1.807) is 41.5 Å². The molecule has 0 radical (unpaired) electrons. The van der Waals surface area contributed by atoms with Gasteiger partial charge in [0.2, 0.25) is 0 Å². The third-order valence-corrected chi connectivity index (χ3v) is 3.09. The zero-order valence-corrected chi connectivity index (χ0v) is 16.6. The van der Waals surface area contributed by atoms with Crippen LogP contribution in [0.5, 0.6) is 0 Å². The standard InChI is InChI=1S/C18H29NO8/c1-8-9-11(13(20)21)10-12(14(22)23)19(15(24)26-17(2,3)4)16(25)27-18(5,6)7/h8,11-12H,1,9-10H2,2-7H3,(H,20,21)(H,22,23). The third kappa shape index (κ3) is 9.07. The van der Waals surface area contributed by atoms with E-state index in [-0.39, 0.29) is 6.42 Å². The van der Waals surface area contributed by atoms with Crippen LogP contribution in [0.25, 0.3) is 0 Å². The summed E-state index contributed by atoms with van der Waals surface area (Å²) in [7, 11) is 0. The van der Waals surface area contributed by atoms with Gasteiger partial charge in [-0.3, -0.25) is 4.79 Å². The van der Waals surface area contributed by atoms with E-state index < -0.39 is 53.7 Å². The Morgan fingerprint density at radius 2 is 1.33 bits per heavy atom. The molecule has 9 nitrogen and oxygen atoms in total. The van der Waals surface area contributed by atoms with Crippen molar-refractivity contribution in [2.75, 3.05) is 0 Å². The monoisotopic (exact) mass is 387 g/mol. The van der Waals surface area contributed by atoms with E-state index in [1.165, 1.54) is 6.08 Å². The zero-order valence-electron chi connectivity index (χ0n) is 16.6. The van der Waals surface area contributed by atoms with E-state index in [4.69, 9.17) is 9.47 Å². The van der Waals surface area contributed by atoms with Crippen molar-refractivity contribution in [3.05, 3.63) is 12.7 Å². The molecule has 0 aromatic heterocycles. The number of carbonyl (C=O) groups excluding carboxylic acids is 2. The summed E-state index contributed by atoms with van der Waals surface area (Å²) in [5, 5.41) is 18.8. The average Bonchev–Trinajstić information content (AvgIpc) is 2.41. The Morgan fingerprint density at radius 3 is 1.59 bits per heavy atom. The highest BCUT2D eigenvalue weighted by atomic mass is 16.6. The molecular weight excluding hydrogens is 358 g/mol. The first-order chi connectivity index (χ1) is 12.1. The fraction of sp³-hybridized carbons (Fsp3) is 0.667. The summed E-state index contributed by atoms with van der Waals surface area (Å²) < 4.78 is 10.2. The average molecular weight is 387 g/mol. The van der Waals surface area contributed by atoms with Crippen LogP contribution in [0.1, 0.15) is 54.4 Å². The van der Waals surface area contributed by atoms with Crippen LogP contribution in [0.4, 0.5) is 9.59 Å². The van der Waals surface area contributed by atoms with Crippen molar-refractivity contribution in [1.82, 2.24) is 4.90 Å². The van der Waals surface area contributed by atoms with Gasteiger partial charge in [-0.05, 0) is 54.4 Å². The Bertz CT molecular complexity index is 557. The molecule has 2 unspecified atom stereocenters. The Morgan fingerprint density at radius 1 is 0.926 bits per heavy atom. The first-order valence-electron chi connectivity index (χ1n) is 8.40. The molecule has 0 bridgehead atoms. The molecule has 2 amide bonds. The van der Waals surface area contributed by atoms with Gasteiger partial charge in [-0.2, -0.15) is 4.90 Å². The lowest BCUT2D eigenvalue weighted by molar-refractivity contribution is -0.146. The Hall–Kier alpha value is -2.58. The quantitative estimate of drug-likeness (QED) is 0.636. The van der Waals surface area contributed by atoms with E-state index in [9.17, 15) is 29.4 Å². The molecule has 0 spiro atoms. The predicted octanol–water partition coefficient (Wildman–Crippen LogP) is 3.28. The number of carboxylic acids is 2. The molecule has 0 fully saturated rings. The number of imide groups is 1. The van der Waals surface area contributed by atoms with E-state index in [0.717, 1.165) is 0 Å². The summed E-state index contributed by atoms with van der Waals surface area (Å²) in [5.74, 6) is -3.98. The predicted molar refractivity (Wildman–Crippen MR) is 96.3 cm³/mol. The highest BCUT2D eigenvalue weighted by molar-refractivity contribution is 5.94. The van der Waals surface area contributed by atoms with Gasteiger partial charge in [-0.15, -0.1) is 6.58 Å². The molecule has 0 aliphatic rings. The van der Waals surface area contributed by atoms with Crippen molar-refractivity contribution in [1.29, 1.82) is 0 Å². The zero-order chi connectivity index (χ0) is 21.6. The summed E-state index contributed by atoms with van der Waals surface area (Å²) in [6, 6.07) is -1.78. The second kappa shape index (κ2) is 9.38. The molecule has 154 valence electrons. The van der Waals surface area contributed by atoms with Crippen LogP contribution in [0, 0.1) is 5.92 Å². The number of carbonyl (C=O) groups is 4.